The average Bonchev–Trinajstić information content (AvgIpc) is 2.18. The van der Waals surface area contributed by atoms with E-state index in [-0.39, 0.29) is 5.75 Å². The van der Waals surface area contributed by atoms with Crippen LogP contribution in [0.3, 0.4) is 0 Å². The van der Waals surface area contributed by atoms with Crippen molar-refractivity contribution in [1.29, 1.82) is 0 Å². The Labute approximate surface area is 84.3 Å². The Morgan fingerprint density at radius 3 is 2.64 bits per heavy atom. The van der Waals surface area contributed by atoms with Crippen LogP contribution < -0.4 is 4.74 Å². The van der Waals surface area contributed by atoms with E-state index in [1.165, 1.54) is 0 Å². The maximum atomic E-state index is 9.49. The van der Waals surface area contributed by atoms with Gasteiger partial charge in [-0.05, 0) is 30.5 Å². The van der Waals surface area contributed by atoms with E-state index >= 15 is 0 Å². The highest BCUT2D eigenvalue weighted by atomic mass is 16.5. The minimum Gasteiger partial charge on any atom is -0.504 e. The Hall–Kier alpha value is -1.22. The molecule has 0 radical (unpaired) electrons. The van der Waals surface area contributed by atoms with Crippen LogP contribution in [0.25, 0.3) is 0 Å². The smallest absolute Gasteiger partial charge is 0.160 e. The molecule has 0 aliphatic carbocycles. The molecule has 14 heavy (non-hydrogen) atoms. The summed E-state index contributed by atoms with van der Waals surface area (Å²) in [6, 6.07) is 5.46. The number of methoxy groups -OCH3 is 2. The largest absolute Gasteiger partial charge is 0.504 e. The van der Waals surface area contributed by atoms with Gasteiger partial charge >= 0.3 is 0 Å². The lowest BCUT2D eigenvalue weighted by Gasteiger charge is -2.05. The molecule has 0 aliphatic rings. The normalized spacial score (nSPS) is 10.1. The molecule has 0 heterocycles. The van der Waals surface area contributed by atoms with Crippen LogP contribution >= 0.6 is 0 Å². The van der Waals surface area contributed by atoms with Gasteiger partial charge in [-0.25, -0.2) is 0 Å². The first-order valence-electron chi connectivity index (χ1n) is 4.62. The molecule has 1 aromatic rings. The molecule has 3 nitrogen and oxygen atoms in total. The van der Waals surface area contributed by atoms with Crippen molar-refractivity contribution in [2.75, 3.05) is 20.8 Å². The van der Waals surface area contributed by atoms with E-state index in [0.29, 0.717) is 5.75 Å². The first-order valence-corrected chi connectivity index (χ1v) is 4.62. The quantitative estimate of drug-likeness (QED) is 0.732. The number of hydrogen-bond donors (Lipinski definition) is 1. The van der Waals surface area contributed by atoms with Gasteiger partial charge in [0, 0.05) is 13.7 Å². The van der Waals surface area contributed by atoms with Gasteiger partial charge in [0.15, 0.2) is 11.5 Å². The van der Waals surface area contributed by atoms with Gasteiger partial charge in [0.1, 0.15) is 0 Å². The number of aryl methyl sites for hydroxylation is 1. The lowest BCUT2D eigenvalue weighted by molar-refractivity contribution is 0.195. The Morgan fingerprint density at radius 2 is 2.07 bits per heavy atom. The van der Waals surface area contributed by atoms with E-state index in [1.807, 2.05) is 6.07 Å². The monoisotopic (exact) mass is 196 g/mol. The number of benzene rings is 1. The molecule has 78 valence electrons. The molecule has 0 aromatic heterocycles. The minimum atomic E-state index is 0.197. The van der Waals surface area contributed by atoms with Gasteiger partial charge in [0.05, 0.1) is 7.11 Å². The van der Waals surface area contributed by atoms with Crippen molar-refractivity contribution in [2.45, 2.75) is 12.8 Å². The van der Waals surface area contributed by atoms with E-state index in [1.54, 1.807) is 26.4 Å². The third-order valence-electron chi connectivity index (χ3n) is 2.06. The van der Waals surface area contributed by atoms with Gasteiger partial charge in [-0.15, -0.1) is 0 Å². The molecule has 0 saturated carbocycles. The van der Waals surface area contributed by atoms with Crippen LogP contribution in [0.4, 0.5) is 0 Å². The number of phenols is 1. The van der Waals surface area contributed by atoms with E-state index in [9.17, 15) is 5.11 Å². The molecule has 0 atom stereocenters. The molecule has 1 rings (SSSR count). The van der Waals surface area contributed by atoms with Crippen molar-refractivity contribution in [1.82, 2.24) is 0 Å². The zero-order chi connectivity index (χ0) is 10.4. The van der Waals surface area contributed by atoms with Gasteiger partial charge in [-0.2, -0.15) is 0 Å². The SMILES string of the molecule is COCCCc1ccc(OC)c(O)c1. The van der Waals surface area contributed by atoms with Crippen LogP contribution in [-0.2, 0) is 11.2 Å². The average molecular weight is 196 g/mol. The van der Waals surface area contributed by atoms with Crippen molar-refractivity contribution >= 4 is 0 Å². The highest BCUT2D eigenvalue weighted by Gasteiger charge is 2.01. The van der Waals surface area contributed by atoms with Gasteiger partial charge in [0.2, 0.25) is 0 Å². The fourth-order valence-corrected chi connectivity index (χ4v) is 1.31. The van der Waals surface area contributed by atoms with E-state index in [4.69, 9.17) is 9.47 Å². The summed E-state index contributed by atoms with van der Waals surface area (Å²) in [4.78, 5) is 0. The summed E-state index contributed by atoms with van der Waals surface area (Å²) in [5.41, 5.74) is 1.10. The van der Waals surface area contributed by atoms with Gasteiger partial charge in [0.25, 0.3) is 0 Å². The van der Waals surface area contributed by atoms with Crippen LogP contribution in [0.15, 0.2) is 18.2 Å². The fraction of sp³-hybridized carbons (Fsp3) is 0.455. The predicted molar refractivity (Wildman–Crippen MR) is 54.9 cm³/mol. The Morgan fingerprint density at radius 1 is 1.29 bits per heavy atom. The summed E-state index contributed by atoms with van der Waals surface area (Å²) in [7, 11) is 3.23. The Bertz CT molecular complexity index is 284. The second kappa shape index (κ2) is 5.50. The van der Waals surface area contributed by atoms with E-state index in [2.05, 4.69) is 0 Å². The molecule has 0 bridgehead atoms. The first-order chi connectivity index (χ1) is 6.77. The van der Waals surface area contributed by atoms with Crippen molar-refractivity contribution in [3.8, 4) is 11.5 Å². The summed E-state index contributed by atoms with van der Waals surface area (Å²) < 4.78 is 9.90. The molecular weight excluding hydrogens is 180 g/mol. The second-order valence-corrected chi connectivity index (χ2v) is 3.10. The molecule has 0 saturated heterocycles. The number of aromatic hydroxyl groups is 1. The molecule has 1 aromatic carbocycles. The molecule has 0 spiro atoms. The van der Waals surface area contributed by atoms with Crippen molar-refractivity contribution in [2.24, 2.45) is 0 Å². The van der Waals surface area contributed by atoms with Crippen LogP contribution in [-0.4, -0.2) is 25.9 Å². The zero-order valence-corrected chi connectivity index (χ0v) is 8.62. The van der Waals surface area contributed by atoms with Crippen LogP contribution in [0.5, 0.6) is 11.5 Å². The van der Waals surface area contributed by atoms with Crippen molar-refractivity contribution < 1.29 is 14.6 Å². The topological polar surface area (TPSA) is 38.7 Å². The van der Waals surface area contributed by atoms with Crippen molar-refractivity contribution in [3.63, 3.8) is 0 Å². The number of rotatable bonds is 5. The molecular formula is C11H16O3. The standard InChI is InChI=1S/C11H16O3/c1-13-7-3-4-9-5-6-11(14-2)10(12)8-9/h5-6,8,12H,3-4,7H2,1-2H3. The Balaban J connectivity index is 2.57. The molecule has 1 N–H and O–H groups in total. The summed E-state index contributed by atoms with van der Waals surface area (Å²) in [5, 5.41) is 9.49. The summed E-state index contributed by atoms with van der Waals surface area (Å²) in [6.45, 7) is 0.743. The van der Waals surface area contributed by atoms with E-state index in [0.717, 1.165) is 25.0 Å². The van der Waals surface area contributed by atoms with Crippen LogP contribution in [0, 0.1) is 0 Å². The number of phenolic OH excluding ortho intramolecular Hbond substituents is 1. The lowest BCUT2D eigenvalue weighted by Crippen LogP contribution is -1.93. The van der Waals surface area contributed by atoms with Gasteiger partial charge in [-0.1, -0.05) is 6.07 Å². The Kier molecular flexibility index (Phi) is 4.26. The van der Waals surface area contributed by atoms with Crippen LogP contribution in [0.1, 0.15) is 12.0 Å². The predicted octanol–water partition coefficient (Wildman–Crippen LogP) is 1.98. The van der Waals surface area contributed by atoms with Gasteiger partial charge < -0.3 is 14.6 Å². The summed E-state index contributed by atoms with van der Waals surface area (Å²) in [5.74, 6) is 0.711. The third kappa shape index (κ3) is 2.92. The number of hydrogen-bond acceptors (Lipinski definition) is 3. The molecule has 0 fully saturated rings. The summed E-state index contributed by atoms with van der Waals surface area (Å²) in [6.07, 6.45) is 1.87. The molecule has 3 heteroatoms. The van der Waals surface area contributed by atoms with Gasteiger partial charge in [-0.3, -0.25) is 0 Å². The molecule has 0 unspecified atom stereocenters. The fourth-order valence-electron chi connectivity index (χ4n) is 1.31. The highest BCUT2D eigenvalue weighted by molar-refractivity contribution is 5.41. The molecule has 0 aliphatic heterocycles. The first kappa shape index (κ1) is 10.9. The summed E-state index contributed by atoms with van der Waals surface area (Å²) >= 11 is 0. The molecule has 0 amide bonds. The second-order valence-electron chi connectivity index (χ2n) is 3.10. The van der Waals surface area contributed by atoms with E-state index < -0.39 is 0 Å². The maximum Gasteiger partial charge on any atom is 0.160 e. The maximum absolute atomic E-state index is 9.49. The third-order valence-corrected chi connectivity index (χ3v) is 2.06. The van der Waals surface area contributed by atoms with Crippen molar-refractivity contribution in [3.05, 3.63) is 23.8 Å². The minimum absolute atomic E-state index is 0.197. The zero-order valence-electron chi connectivity index (χ0n) is 8.62. The highest BCUT2D eigenvalue weighted by Crippen LogP contribution is 2.26. The van der Waals surface area contributed by atoms with Crippen LogP contribution in [0.2, 0.25) is 0 Å². The number of ether oxygens (including phenoxy) is 2. The lowest BCUT2D eigenvalue weighted by atomic mass is 10.1.